The number of hydrogen-bond acceptors (Lipinski definition) is 4. The number of alkyl halides is 3. The fourth-order valence-electron chi connectivity index (χ4n) is 1.70. The minimum atomic E-state index is -6.09. The number of benzene rings is 2. The van der Waals surface area contributed by atoms with Gasteiger partial charge < -0.3 is 4.55 Å². The standard InChI is InChI=1S/C10H9NO.C6H5.CHF3O3S.Cu/c1-8(12)11-7-6-9-4-2-3-5-10(9)11;1-2-4-6-5-3-1;2-1(3,4)8(5,6)7;/h2-7H,1H3;1-5H;(H,5,6,7);/q;-1;;+1/p-1. The normalized spacial score (nSPS) is 10.6. The van der Waals surface area contributed by atoms with Gasteiger partial charge in [-0.15, -0.1) is 11.5 Å². The summed E-state index contributed by atoms with van der Waals surface area (Å²) in [6.45, 7) is 1.56. The van der Waals surface area contributed by atoms with Gasteiger partial charge in [0.1, 0.15) is 11.7 Å². The third kappa shape index (κ3) is 8.40. The first-order valence-corrected chi connectivity index (χ1v) is 8.45. The van der Waals surface area contributed by atoms with Crippen LogP contribution in [-0.4, -0.2) is 24.4 Å². The van der Waals surface area contributed by atoms with Gasteiger partial charge in [-0.2, -0.15) is 60.2 Å². The third-order valence-electron chi connectivity index (χ3n) is 2.83. The molecule has 1 heterocycles. The molecule has 0 aliphatic carbocycles. The maximum atomic E-state index is 11.1. The van der Waals surface area contributed by atoms with Crippen LogP contribution in [0.15, 0.2) is 66.9 Å². The van der Waals surface area contributed by atoms with E-state index >= 15 is 0 Å². The molecule has 0 amide bonds. The smallest absolute Gasteiger partial charge is 0.741 e. The zero-order valence-corrected chi connectivity index (χ0v) is 15.5. The van der Waals surface area contributed by atoms with Gasteiger partial charge in [0, 0.05) is 0 Å². The Labute approximate surface area is 165 Å². The number of fused-ring (bicyclic) bond motifs is 1. The molecule has 0 aliphatic heterocycles. The quantitative estimate of drug-likeness (QED) is 0.174. The summed E-state index contributed by atoms with van der Waals surface area (Å²) in [6.07, 6.45) is 1.80. The Kier molecular flexibility index (Phi) is 10.0. The summed E-state index contributed by atoms with van der Waals surface area (Å²) in [5.74, 6) is 0.0520. The molecule has 5 nitrogen and oxygen atoms in total. The molecule has 0 bridgehead atoms. The second-order valence-corrected chi connectivity index (χ2v) is 6.11. The van der Waals surface area contributed by atoms with E-state index in [0.29, 0.717) is 0 Å². The molecule has 0 saturated heterocycles. The van der Waals surface area contributed by atoms with Crippen LogP contribution in [-0.2, 0) is 27.2 Å². The predicted molar refractivity (Wildman–Crippen MR) is 87.1 cm³/mol. The van der Waals surface area contributed by atoms with Gasteiger partial charge in [-0.1, -0.05) is 12.1 Å². The van der Waals surface area contributed by atoms with E-state index in [1.54, 1.807) is 17.7 Å². The first kappa shape index (κ1) is 24.9. The largest absolute Gasteiger partial charge is 1.00 e. The van der Waals surface area contributed by atoms with E-state index in [1.807, 2.05) is 60.7 Å². The Morgan fingerprint density at radius 1 is 1.11 bits per heavy atom. The maximum absolute atomic E-state index is 11.1. The van der Waals surface area contributed by atoms with Crippen LogP contribution in [0.4, 0.5) is 13.2 Å². The molecule has 27 heavy (non-hydrogen) atoms. The Balaban J connectivity index is 0.000000395. The second kappa shape index (κ2) is 10.9. The van der Waals surface area contributed by atoms with Crippen LogP contribution >= 0.6 is 0 Å². The van der Waals surface area contributed by atoms with Crippen molar-refractivity contribution in [2.45, 2.75) is 12.4 Å². The molecule has 0 atom stereocenters. The van der Waals surface area contributed by atoms with E-state index < -0.39 is 15.6 Å². The van der Waals surface area contributed by atoms with E-state index in [4.69, 9.17) is 13.0 Å². The molecule has 3 rings (SSSR count). The van der Waals surface area contributed by atoms with Crippen molar-refractivity contribution in [3.05, 3.63) is 72.9 Å². The maximum Gasteiger partial charge on any atom is 1.00 e. The molecule has 3 aromatic rings. The Morgan fingerprint density at radius 2 is 1.63 bits per heavy atom. The summed E-state index contributed by atoms with van der Waals surface area (Å²) in [5, 5.41) is 1.10. The first-order valence-electron chi connectivity index (χ1n) is 7.04. The van der Waals surface area contributed by atoms with Crippen LogP contribution in [0.5, 0.6) is 0 Å². The van der Waals surface area contributed by atoms with E-state index in [0.717, 1.165) is 10.9 Å². The van der Waals surface area contributed by atoms with Gasteiger partial charge in [-0.25, -0.2) is 13.2 Å². The number of halogens is 3. The van der Waals surface area contributed by atoms with Crippen LogP contribution in [0.25, 0.3) is 10.9 Å². The molecule has 0 fully saturated rings. The minimum absolute atomic E-state index is 0. The number of hydrogen-bond donors (Lipinski definition) is 0. The summed E-state index contributed by atoms with van der Waals surface area (Å²) in [7, 11) is -6.09. The Morgan fingerprint density at radius 3 is 2.00 bits per heavy atom. The van der Waals surface area contributed by atoms with Crippen LogP contribution < -0.4 is 4.57 Å². The number of carbonyl (C=O) groups is 1. The third-order valence-corrected chi connectivity index (χ3v) is 3.40. The molecule has 0 radical (unpaired) electrons. The zero-order chi connectivity index (χ0) is 19.8. The summed E-state index contributed by atoms with van der Waals surface area (Å²) in [4.78, 5) is 11.1. The summed E-state index contributed by atoms with van der Waals surface area (Å²) >= 11 is 0. The van der Waals surface area contributed by atoms with E-state index in [2.05, 4.69) is 6.07 Å². The van der Waals surface area contributed by atoms with Crippen LogP contribution in [0.2, 0.25) is 0 Å². The van der Waals surface area contributed by atoms with Gasteiger partial charge in [0.2, 0.25) is 0 Å². The van der Waals surface area contributed by atoms with E-state index in [-0.39, 0.29) is 23.0 Å². The number of rotatable bonds is 0. The number of nitrogens with zero attached hydrogens (tertiary/aromatic N) is 1. The monoisotopic (exact) mass is 448 g/mol. The van der Waals surface area contributed by atoms with Crippen LogP contribution in [0, 0.1) is 6.07 Å². The molecule has 0 spiro atoms. The van der Waals surface area contributed by atoms with Crippen molar-refractivity contribution in [3.8, 4) is 0 Å². The number of aromatic nitrogens is 1. The van der Waals surface area contributed by atoms with Crippen molar-refractivity contribution in [3.63, 3.8) is 0 Å². The van der Waals surface area contributed by atoms with Crippen molar-refractivity contribution in [2.75, 3.05) is 0 Å². The van der Waals surface area contributed by atoms with Gasteiger partial charge in [0.15, 0.2) is 10.1 Å². The average Bonchev–Trinajstić information content (AvgIpc) is 3.00. The van der Waals surface area contributed by atoms with Gasteiger partial charge in [0.25, 0.3) is 0 Å². The average molecular weight is 449 g/mol. The molecular formula is C17H14CuF3NO4S-. The molecule has 1 aromatic heterocycles. The van der Waals surface area contributed by atoms with Crippen LogP contribution in [0.1, 0.15) is 11.7 Å². The summed E-state index contributed by atoms with van der Waals surface area (Å²) in [5.41, 5.74) is -4.67. The molecular weight excluding hydrogens is 435 g/mol. The predicted octanol–water partition coefficient (Wildman–Crippen LogP) is 3.04. The molecule has 2 aromatic carbocycles. The van der Waals surface area contributed by atoms with E-state index in [1.165, 1.54) is 0 Å². The van der Waals surface area contributed by atoms with Gasteiger partial charge in [-0.05, 0) is 6.07 Å². The molecule has 0 aliphatic rings. The van der Waals surface area contributed by atoms with Crippen molar-refractivity contribution in [2.24, 2.45) is 0 Å². The molecule has 0 N–H and O–H groups in total. The van der Waals surface area contributed by atoms with E-state index in [9.17, 15) is 18.0 Å². The minimum Gasteiger partial charge on any atom is -0.741 e. The number of para-hydroxylation sites is 1. The first-order chi connectivity index (χ1) is 12.0. The van der Waals surface area contributed by atoms with Crippen molar-refractivity contribution >= 4 is 26.9 Å². The Hall–Kier alpha value is -2.13. The van der Waals surface area contributed by atoms with Crippen molar-refractivity contribution < 1.29 is 52.6 Å². The van der Waals surface area contributed by atoms with Crippen LogP contribution in [0.3, 0.4) is 0 Å². The topological polar surface area (TPSA) is 78.1 Å². The van der Waals surface area contributed by atoms with Crippen molar-refractivity contribution in [1.29, 1.82) is 0 Å². The SMILES string of the molecule is CC(=O)[n+]1c[cH-]c2ccccc21.O=S(=O)([O-])C(F)(F)F.[Cu+].[c-]1ccccc1. The fourth-order valence-corrected chi connectivity index (χ4v) is 1.70. The van der Waals surface area contributed by atoms with Gasteiger partial charge in [0.05, 0.1) is 6.92 Å². The van der Waals surface area contributed by atoms with Crippen molar-refractivity contribution in [1.82, 2.24) is 0 Å². The summed E-state index contributed by atoms with van der Waals surface area (Å²) < 4.78 is 60.6. The Bertz CT molecular complexity index is 915. The zero-order valence-electron chi connectivity index (χ0n) is 13.8. The second-order valence-electron chi connectivity index (χ2n) is 4.74. The molecule has 0 saturated carbocycles. The molecule has 150 valence electrons. The summed E-state index contributed by atoms with van der Waals surface area (Å²) in [6, 6.07) is 22.3. The molecule has 10 heteroatoms. The fraction of sp³-hybridized carbons (Fsp3) is 0.118. The number of carbonyl (C=O) groups excluding carboxylic acids is 1. The van der Waals surface area contributed by atoms with Gasteiger partial charge in [-0.3, -0.25) is 0 Å². The molecule has 0 unspecified atom stereocenters. The van der Waals surface area contributed by atoms with Gasteiger partial charge >= 0.3 is 28.5 Å².